The third-order valence-corrected chi connectivity index (χ3v) is 2.61. The lowest BCUT2D eigenvalue weighted by atomic mass is 10.00. The number of rotatable bonds is 0. The SMILES string of the molecule is Cc1cccc2c1CNCCC2. The van der Waals surface area contributed by atoms with Crippen LogP contribution in [0.4, 0.5) is 0 Å². The van der Waals surface area contributed by atoms with Crippen molar-refractivity contribution in [1.82, 2.24) is 5.32 Å². The normalized spacial score (nSPS) is 16.8. The van der Waals surface area contributed by atoms with Crippen molar-refractivity contribution < 1.29 is 0 Å². The van der Waals surface area contributed by atoms with Gasteiger partial charge in [0.15, 0.2) is 0 Å². The zero-order chi connectivity index (χ0) is 8.39. The van der Waals surface area contributed by atoms with Crippen LogP contribution in [0.3, 0.4) is 0 Å². The first-order valence-electron chi connectivity index (χ1n) is 4.66. The molecule has 0 aliphatic carbocycles. The maximum absolute atomic E-state index is 3.44. The quantitative estimate of drug-likeness (QED) is 0.614. The van der Waals surface area contributed by atoms with Gasteiger partial charge in [-0.05, 0) is 43.0 Å². The minimum absolute atomic E-state index is 1.06. The van der Waals surface area contributed by atoms with Gasteiger partial charge in [0, 0.05) is 6.54 Å². The fraction of sp³-hybridized carbons (Fsp3) is 0.455. The highest BCUT2D eigenvalue weighted by molar-refractivity contribution is 5.35. The first-order valence-corrected chi connectivity index (χ1v) is 4.66. The van der Waals surface area contributed by atoms with Crippen molar-refractivity contribution in [2.24, 2.45) is 0 Å². The Morgan fingerprint density at radius 3 is 3.17 bits per heavy atom. The average molecular weight is 161 g/mol. The van der Waals surface area contributed by atoms with Crippen LogP contribution in [0.25, 0.3) is 0 Å². The van der Waals surface area contributed by atoms with Crippen LogP contribution in [0, 0.1) is 6.92 Å². The lowest BCUT2D eigenvalue weighted by molar-refractivity contribution is 0.679. The van der Waals surface area contributed by atoms with E-state index in [0.717, 1.165) is 13.1 Å². The van der Waals surface area contributed by atoms with Gasteiger partial charge in [-0.2, -0.15) is 0 Å². The maximum atomic E-state index is 3.44. The zero-order valence-electron chi connectivity index (χ0n) is 7.56. The molecule has 0 radical (unpaired) electrons. The van der Waals surface area contributed by atoms with E-state index in [2.05, 4.69) is 30.4 Å². The van der Waals surface area contributed by atoms with Gasteiger partial charge in [0.2, 0.25) is 0 Å². The molecule has 1 aromatic carbocycles. The van der Waals surface area contributed by atoms with Gasteiger partial charge < -0.3 is 5.32 Å². The molecule has 1 nitrogen and oxygen atoms in total. The summed E-state index contributed by atoms with van der Waals surface area (Å²) in [6.07, 6.45) is 2.51. The molecule has 1 aliphatic heterocycles. The Hall–Kier alpha value is -0.820. The van der Waals surface area contributed by atoms with Gasteiger partial charge in [0.1, 0.15) is 0 Å². The molecule has 0 saturated carbocycles. The maximum Gasteiger partial charge on any atom is 0.0210 e. The van der Waals surface area contributed by atoms with E-state index in [1.54, 1.807) is 5.56 Å². The van der Waals surface area contributed by atoms with E-state index in [0.29, 0.717) is 0 Å². The fourth-order valence-electron chi connectivity index (χ4n) is 1.87. The average Bonchev–Trinajstić information content (AvgIpc) is 2.30. The summed E-state index contributed by atoms with van der Waals surface area (Å²) < 4.78 is 0. The highest BCUT2D eigenvalue weighted by Gasteiger charge is 2.07. The van der Waals surface area contributed by atoms with Crippen LogP contribution in [0.15, 0.2) is 18.2 Å². The second-order valence-corrected chi connectivity index (χ2v) is 3.49. The van der Waals surface area contributed by atoms with Crippen molar-refractivity contribution in [3.05, 3.63) is 34.9 Å². The molecule has 1 aliphatic rings. The summed E-state index contributed by atoms with van der Waals surface area (Å²) in [4.78, 5) is 0. The Morgan fingerprint density at radius 1 is 1.33 bits per heavy atom. The van der Waals surface area contributed by atoms with Crippen molar-refractivity contribution in [3.63, 3.8) is 0 Å². The van der Waals surface area contributed by atoms with Crippen LogP contribution in [0.5, 0.6) is 0 Å². The predicted molar refractivity (Wildman–Crippen MR) is 51.2 cm³/mol. The van der Waals surface area contributed by atoms with Gasteiger partial charge in [-0.15, -0.1) is 0 Å². The van der Waals surface area contributed by atoms with E-state index in [-0.39, 0.29) is 0 Å². The molecule has 1 aromatic rings. The number of aryl methyl sites for hydroxylation is 2. The highest BCUT2D eigenvalue weighted by Crippen LogP contribution is 2.17. The molecule has 0 spiro atoms. The zero-order valence-corrected chi connectivity index (χ0v) is 7.56. The van der Waals surface area contributed by atoms with Gasteiger partial charge in [0.05, 0.1) is 0 Å². The van der Waals surface area contributed by atoms with Gasteiger partial charge >= 0.3 is 0 Å². The molecular formula is C11H15N. The number of benzene rings is 1. The monoisotopic (exact) mass is 161 g/mol. The molecule has 0 amide bonds. The van der Waals surface area contributed by atoms with Crippen LogP contribution < -0.4 is 5.32 Å². The summed E-state index contributed by atoms with van der Waals surface area (Å²) in [5.74, 6) is 0. The molecule has 0 bridgehead atoms. The molecule has 0 unspecified atom stereocenters. The van der Waals surface area contributed by atoms with Crippen molar-refractivity contribution in [3.8, 4) is 0 Å². The molecule has 1 N–H and O–H groups in total. The van der Waals surface area contributed by atoms with E-state index in [9.17, 15) is 0 Å². The molecule has 64 valence electrons. The Morgan fingerprint density at radius 2 is 2.25 bits per heavy atom. The largest absolute Gasteiger partial charge is 0.313 e. The van der Waals surface area contributed by atoms with E-state index in [4.69, 9.17) is 0 Å². The standard InChI is InChI=1S/C11H15N/c1-9-4-2-5-10-6-3-7-12-8-11(9)10/h2,4-5,12H,3,6-8H2,1H3. The number of hydrogen-bond acceptors (Lipinski definition) is 1. The van der Waals surface area contributed by atoms with Gasteiger partial charge in [-0.3, -0.25) is 0 Å². The third kappa shape index (κ3) is 1.37. The van der Waals surface area contributed by atoms with Crippen LogP contribution in [-0.4, -0.2) is 6.54 Å². The molecule has 1 heteroatoms. The molecule has 1 heterocycles. The van der Waals surface area contributed by atoms with Crippen molar-refractivity contribution in [2.45, 2.75) is 26.3 Å². The van der Waals surface area contributed by atoms with E-state index in [1.165, 1.54) is 24.0 Å². The van der Waals surface area contributed by atoms with Gasteiger partial charge in [0.25, 0.3) is 0 Å². The van der Waals surface area contributed by atoms with Crippen molar-refractivity contribution in [2.75, 3.05) is 6.54 Å². The molecule has 12 heavy (non-hydrogen) atoms. The number of hydrogen-bond donors (Lipinski definition) is 1. The first-order chi connectivity index (χ1) is 5.88. The van der Waals surface area contributed by atoms with E-state index < -0.39 is 0 Å². The molecule has 2 rings (SSSR count). The Balaban J connectivity index is 2.42. The summed E-state index contributed by atoms with van der Waals surface area (Å²) >= 11 is 0. The van der Waals surface area contributed by atoms with Crippen LogP contribution in [-0.2, 0) is 13.0 Å². The first kappa shape index (κ1) is 7.81. The minimum Gasteiger partial charge on any atom is -0.313 e. The second-order valence-electron chi connectivity index (χ2n) is 3.49. The second kappa shape index (κ2) is 3.28. The topological polar surface area (TPSA) is 12.0 Å². The molecule has 0 fully saturated rings. The fourth-order valence-corrected chi connectivity index (χ4v) is 1.87. The molecular weight excluding hydrogens is 146 g/mol. The van der Waals surface area contributed by atoms with Crippen molar-refractivity contribution in [1.29, 1.82) is 0 Å². The van der Waals surface area contributed by atoms with Crippen LogP contribution in [0.2, 0.25) is 0 Å². The summed E-state index contributed by atoms with van der Waals surface area (Å²) in [7, 11) is 0. The van der Waals surface area contributed by atoms with Crippen LogP contribution >= 0.6 is 0 Å². The minimum atomic E-state index is 1.06. The molecule has 0 aromatic heterocycles. The van der Waals surface area contributed by atoms with Gasteiger partial charge in [-0.25, -0.2) is 0 Å². The highest BCUT2D eigenvalue weighted by atomic mass is 14.8. The Labute approximate surface area is 73.8 Å². The summed E-state index contributed by atoms with van der Waals surface area (Å²) in [5.41, 5.74) is 4.50. The Bertz CT molecular complexity index is 278. The summed E-state index contributed by atoms with van der Waals surface area (Å²) in [6.45, 7) is 4.42. The third-order valence-electron chi connectivity index (χ3n) is 2.61. The van der Waals surface area contributed by atoms with E-state index >= 15 is 0 Å². The molecule has 0 atom stereocenters. The summed E-state index contributed by atoms with van der Waals surface area (Å²) in [6, 6.07) is 6.63. The van der Waals surface area contributed by atoms with Gasteiger partial charge in [-0.1, -0.05) is 18.2 Å². The Kier molecular flexibility index (Phi) is 2.13. The smallest absolute Gasteiger partial charge is 0.0210 e. The lowest BCUT2D eigenvalue weighted by Crippen LogP contribution is -2.12. The lowest BCUT2D eigenvalue weighted by Gasteiger charge is -2.07. The summed E-state index contributed by atoms with van der Waals surface area (Å²) in [5, 5.41) is 3.44. The predicted octanol–water partition coefficient (Wildman–Crippen LogP) is 2.03. The molecule has 0 saturated heterocycles. The number of fused-ring (bicyclic) bond motifs is 1. The van der Waals surface area contributed by atoms with Crippen molar-refractivity contribution >= 4 is 0 Å². The van der Waals surface area contributed by atoms with Crippen LogP contribution in [0.1, 0.15) is 23.1 Å². The van der Waals surface area contributed by atoms with E-state index in [1.807, 2.05) is 0 Å². The number of nitrogens with one attached hydrogen (secondary N) is 1.